The van der Waals surface area contributed by atoms with Gasteiger partial charge in [-0.2, -0.15) is 4.98 Å². The van der Waals surface area contributed by atoms with Crippen LogP contribution >= 0.6 is 0 Å². The molecule has 2 aromatic heterocycles. The van der Waals surface area contributed by atoms with Crippen LogP contribution in [0.4, 0.5) is 17.3 Å². The number of pyridine rings is 1. The molecule has 0 spiro atoms. The first-order chi connectivity index (χ1) is 18.3. The summed E-state index contributed by atoms with van der Waals surface area (Å²) in [5.41, 5.74) is 2.42. The van der Waals surface area contributed by atoms with Gasteiger partial charge in [0.05, 0.1) is 0 Å². The van der Waals surface area contributed by atoms with Crippen LogP contribution in [0.25, 0.3) is 11.0 Å². The zero-order valence-electron chi connectivity index (χ0n) is 21.8. The van der Waals surface area contributed by atoms with Crippen molar-refractivity contribution in [2.24, 2.45) is 5.92 Å². The van der Waals surface area contributed by atoms with Crippen molar-refractivity contribution in [3.05, 3.63) is 65.6 Å². The van der Waals surface area contributed by atoms with Crippen molar-refractivity contribution in [2.45, 2.75) is 32.9 Å². The Bertz CT molecular complexity index is 1410. The van der Waals surface area contributed by atoms with Gasteiger partial charge in [-0.25, -0.2) is 4.98 Å². The van der Waals surface area contributed by atoms with E-state index in [1.807, 2.05) is 17.0 Å². The largest absolute Gasteiger partial charge is 0.365 e. The molecule has 1 aromatic carbocycles. The maximum atomic E-state index is 12.7. The molecule has 3 aromatic rings. The molecule has 2 fully saturated rings. The van der Waals surface area contributed by atoms with Crippen LogP contribution in [0.15, 0.2) is 60.0 Å². The summed E-state index contributed by atoms with van der Waals surface area (Å²) >= 11 is 0. The normalized spacial score (nSPS) is 17.8. The van der Waals surface area contributed by atoms with Gasteiger partial charge in [-0.3, -0.25) is 19.0 Å². The van der Waals surface area contributed by atoms with Crippen LogP contribution in [0, 0.1) is 5.92 Å². The van der Waals surface area contributed by atoms with Crippen molar-refractivity contribution in [1.82, 2.24) is 24.3 Å². The maximum Gasteiger partial charge on any atom is 0.252 e. The molecule has 10 nitrogen and oxygen atoms in total. The SMILES string of the molecule is C=CC(=O)N1CC(CCn2c(=O)ccc3cnc(Nc4ccc(N5CCN(C(C)=O)C[C@@H]5C)cc4)nc32)C1. The molecular weight excluding hydrogens is 482 g/mol. The predicted octanol–water partition coefficient (Wildman–Crippen LogP) is 2.63. The number of rotatable bonds is 7. The maximum absolute atomic E-state index is 12.7. The van der Waals surface area contributed by atoms with Gasteiger partial charge in [0.25, 0.3) is 5.56 Å². The fourth-order valence-corrected chi connectivity index (χ4v) is 5.21. The van der Waals surface area contributed by atoms with Crippen molar-refractivity contribution in [2.75, 3.05) is 42.9 Å². The molecule has 0 saturated carbocycles. The summed E-state index contributed by atoms with van der Waals surface area (Å²) in [7, 11) is 0. The van der Waals surface area contributed by atoms with Gasteiger partial charge < -0.3 is 20.0 Å². The monoisotopic (exact) mass is 515 g/mol. The van der Waals surface area contributed by atoms with E-state index in [2.05, 4.69) is 45.8 Å². The Balaban J connectivity index is 1.27. The molecule has 5 rings (SSSR count). The number of amides is 2. The van der Waals surface area contributed by atoms with Crippen LogP contribution in [-0.4, -0.2) is 74.9 Å². The Morgan fingerprint density at radius 3 is 2.53 bits per heavy atom. The summed E-state index contributed by atoms with van der Waals surface area (Å²) < 4.78 is 1.69. The fraction of sp³-hybridized carbons (Fsp3) is 0.393. The van der Waals surface area contributed by atoms with E-state index in [-0.39, 0.29) is 23.4 Å². The topological polar surface area (TPSA) is 104 Å². The first-order valence-corrected chi connectivity index (χ1v) is 13.0. The van der Waals surface area contributed by atoms with Crippen LogP contribution < -0.4 is 15.8 Å². The minimum atomic E-state index is -0.108. The third kappa shape index (κ3) is 5.25. The predicted molar refractivity (Wildman–Crippen MR) is 147 cm³/mol. The fourth-order valence-electron chi connectivity index (χ4n) is 5.21. The van der Waals surface area contributed by atoms with E-state index in [1.54, 1.807) is 34.7 Å². The van der Waals surface area contributed by atoms with Gasteiger partial charge in [-0.1, -0.05) is 6.58 Å². The highest BCUT2D eigenvalue weighted by molar-refractivity contribution is 5.87. The zero-order valence-corrected chi connectivity index (χ0v) is 21.8. The molecule has 0 bridgehead atoms. The number of nitrogens with zero attached hydrogens (tertiary/aromatic N) is 6. The molecule has 4 heterocycles. The number of aryl methyl sites for hydroxylation is 1. The van der Waals surface area contributed by atoms with E-state index < -0.39 is 0 Å². The summed E-state index contributed by atoms with van der Waals surface area (Å²) in [4.78, 5) is 51.2. The van der Waals surface area contributed by atoms with Crippen LogP contribution in [0.5, 0.6) is 0 Å². The Hall–Kier alpha value is -4.21. The highest BCUT2D eigenvalue weighted by Crippen LogP contribution is 2.25. The minimum Gasteiger partial charge on any atom is -0.365 e. The number of likely N-dealkylation sites (tertiary alicyclic amines) is 1. The van der Waals surface area contributed by atoms with Crippen molar-refractivity contribution in [1.29, 1.82) is 0 Å². The average molecular weight is 516 g/mol. The number of hydrogen-bond acceptors (Lipinski definition) is 7. The number of anilines is 3. The summed E-state index contributed by atoms with van der Waals surface area (Å²) in [6.07, 6.45) is 3.84. The number of hydrogen-bond donors (Lipinski definition) is 1. The molecular formula is C28H33N7O3. The second kappa shape index (κ2) is 10.6. The van der Waals surface area contributed by atoms with Crippen molar-refractivity contribution in [3.8, 4) is 0 Å². The highest BCUT2D eigenvalue weighted by atomic mass is 16.2. The van der Waals surface area contributed by atoms with Crippen molar-refractivity contribution < 1.29 is 9.59 Å². The summed E-state index contributed by atoms with van der Waals surface area (Å²) in [5.74, 6) is 0.836. The number of benzene rings is 1. The molecule has 2 aliphatic heterocycles. The smallest absolute Gasteiger partial charge is 0.252 e. The number of piperazine rings is 1. The van der Waals surface area contributed by atoms with Gasteiger partial charge in [-0.15, -0.1) is 0 Å². The average Bonchev–Trinajstić information content (AvgIpc) is 2.89. The first-order valence-electron chi connectivity index (χ1n) is 13.0. The Kier molecular flexibility index (Phi) is 7.13. The standard InChI is InChI=1S/C28H33N7O3/c1-4-25(37)33-17-21(18-33)11-12-35-26(38)10-5-22-15-29-28(31-27(22)35)30-23-6-8-24(9-7-23)34-14-13-32(20(3)36)16-19(34)2/h4-10,15,19,21H,1,11-14,16-18H2,2-3H3,(H,29,30,31)/t19-/m0/s1. The highest BCUT2D eigenvalue weighted by Gasteiger charge is 2.29. The number of aromatic nitrogens is 3. The van der Waals surface area contributed by atoms with Crippen molar-refractivity contribution >= 4 is 40.2 Å². The van der Waals surface area contributed by atoms with Gasteiger partial charge in [-0.05, 0) is 55.7 Å². The molecule has 1 atom stereocenters. The molecule has 0 unspecified atom stereocenters. The summed E-state index contributed by atoms with van der Waals surface area (Å²) in [6.45, 7) is 11.4. The number of nitrogens with one attached hydrogen (secondary N) is 1. The molecule has 2 amide bonds. The lowest BCUT2D eigenvalue weighted by atomic mass is 9.96. The molecule has 0 aliphatic carbocycles. The Labute approximate surface area is 221 Å². The second-order valence-electron chi connectivity index (χ2n) is 10.1. The second-order valence-corrected chi connectivity index (χ2v) is 10.1. The van der Waals surface area contributed by atoms with E-state index in [4.69, 9.17) is 0 Å². The van der Waals surface area contributed by atoms with Gasteiger partial charge in [0.1, 0.15) is 5.65 Å². The van der Waals surface area contributed by atoms with Gasteiger partial charge in [0.15, 0.2) is 0 Å². The molecule has 2 aliphatic rings. The number of carbonyl (C=O) groups excluding carboxylic acids is 2. The van der Waals surface area contributed by atoms with E-state index in [1.165, 1.54) is 6.08 Å². The zero-order chi connectivity index (χ0) is 26.8. The van der Waals surface area contributed by atoms with Crippen LogP contribution in [0.1, 0.15) is 20.3 Å². The quantitative estimate of drug-likeness (QED) is 0.483. The molecule has 10 heteroatoms. The lowest BCUT2D eigenvalue weighted by Gasteiger charge is -2.41. The molecule has 0 radical (unpaired) electrons. The molecule has 2 saturated heterocycles. The summed E-state index contributed by atoms with van der Waals surface area (Å²) in [6, 6.07) is 11.6. The van der Waals surface area contributed by atoms with Crippen LogP contribution in [-0.2, 0) is 16.1 Å². The van der Waals surface area contributed by atoms with E-state index in [0.29, 0.717) is 43.7 Å². The van der Waals surface area contributed by atoms with Crippen molar-refractivity contribution in [3.63, 3.8) is 0 Å². The van der Waals surface area contributed by atoms with E-state index in [9.17, 15) is 14.4 Å². The van der Waals surface area contributed by atoms with Gasteiger partial charge in [0, 0.05) is 81.3 Å². The van der Waals surface area contributed by atoms with E-state index >= 15 is 0 Å². The van der Waals surface area contributed by atoms with E-state index in [0.717, 1.165) is 36.3 Å². The lowest BCUT2D eigenvalue weighted by molar-refractivity contribution is -0.132. The third-order valence-corrected chi connectivity index (χ3v) is 7.46. The summed E-state index contributed by atoms with van der Waals surface area (Å²) in [5, 5.41) is 4.05. The van der Waals surface area contributed by atoms with Crippen LogP contribution in [0.3, 0.4) is 0 Å². The third-order valence-electron chi connectivity index (χ3n) is 7.46. The van der Waals surface area contributed by atoms with Gasteiger partial charge >= 0.3 is 0 Å². The Morgan fingerprint density at radius 1 is 1.08 bits per heavy atom. The molecule has 38 heavy (non-hydrogen) atoms. The first kappa shape index (κ1) is 25.4. The number of carbonyl (C=O) groups is 2. The van der Waals surface area contributed by atoms with Crippen LogP contribution in [0.2, 0.25) is 0 Å². The molecule has 1 N–H and O–H groups in total. The Morgan fingerprint density at radius 2 is 1.84 bits per heavy atom. The lowest BCUT2D eigenvalue weighted by Crippen LogP contribution is -2.53. The number of fused-ring (bicyclic) bond motifs is 1. The molecule has 198 valence electrons. The van der Waals surface area contributed by atoms with Gasteiger partial charge in [0.2, 0.25) is 17.8 Å². The minimum absolute atomic E-state index is 0.0508.